The molecule has 1 aliphatic rings. The Bertz CT molecular complexity index is 1300. The third kappa shape index (κ3) is 3.45. The smallest absolute Gasteiger partial charge is 0.338 e. The number of aromatic nitrogens is 2. The molecule has 1 amide bonds. The lowest BCUT2D eigenvalue weighted by Gasteiger charge is -2.26. The lowest BCUT2D eigenvalue weighted by Crippen LogP contribution is -2.29. The first-order valence-corrected chi connectivity index (χ1v) is 11.7. The lowest BCUT2D eigenvalue weighted by atomic mass is 9.98. The van der Waals surface area contributed by atoms with E-state index in [-0.39, 0.29) is 17.9 Å². The van der Waals surface area contributed by atoms with E-state index >= 15 is 0 Å². The Hall–Kier alpha value is -3.23. The molecule has 0 unspecified atom stereocenters. The number of amides is 1. The molecule has 0 fully saturated rings. The van der Waals surface area contributed by atoms with Gasteiger partial charge in [0, 0.05) is 15.7 Å². The van der Waals surface area contributed by atoms with Gasteiger partial charge < -0.3 is 4.74 Å². The van der Waals surface area contributed by atoms with E-state index in [1.54, 1.807) is 47.4 Å². The van der Waals surface area contributed by atoms with Crippen molar-refractivity contribution in [3.63, 3.8) is 0 Å². The van der Waals surface area contributed by atoms with Crippen LogP contribution in [0.1, 0.15) is 44.9 Å². The van der Waals surface area contributed by atoms with E-state index in [4.69, 9.17) is 4.74 Å². The SMILES string of the molecule is CCOC(=O)c1ccc(N2C(=O)c3n[nH]c(-c4cccs4)c3[C@H]2c2cccc(Br)c2)cc1. The highest BCUT2D eigenvalue weighted by Gasteiger charge is 2.43. The van der Waals surface area contributed by atoms with Crippen molar-refractivity contribution in [1.29, 1.82) is 0 Å². The van der Waals surface area contributed by atoms with Crippen molar-refractivity contribution < 1.29 is 14.3 Å². The number of rotatable bonds is 5. The van der Waals surface area contributed by atoms with Crippen LogP contribution in [0.25, 0.3) is 10.6 Å². The number of benzene rings is 2. The minimum absolute atomic E-state index is 0.187. The third-order valence-corrected chi connectivity index (χ3v) is 6.73. The number of anilines is 1. The lowest BCUT2D eigenvalue weighted by molar-refractivity contribution is 0.0526. The van der Waals surface area contributed by atoms with Crippen molar-refractivity contribution in [3.05, 3.63) is 92.9 Å². The Balaban J connectivity index is 1.63. The summed E-state index contributed by atoms with van der Waals surface area (Å²) in [5, 5.41) is 9.46. The standard InChI is InChI=1S/C24H18BrN3O3S/c1-2-31-24(30)14-8-10-17(11-9-14)28-22(15-5-3-6-16(25)13-15)19-20(18-7-4-12-32-18)26-27-21(19)23(28)29/h3-13,22H,2H2,1H3,(H,26,27)/t22-/m1/s1. The molecule has 2 aromatic heterocycles. The Morgan fingerprint density at radius 3 is 2.69 bits per heavy atom. The van der Waals surface area contributed by atoms with Gasteiger partial charge in [0.25, 0.3) is 5.91 Å². The molecule has 1 atom stereocenters. The fraction of sp³-hybridized carbons (Fsp3) is 0.125. The zero-order valence-corrected chi connectivity index (χ0v) is 19.4. The van der Waals surface area contributed by atoms with E-state index in [0.29, 0.717) is 23.6 Å². The van der Waals surface area contributed by atoms with Crippen LogP contribution in [0.2, 0.25) is 0 Å². The van der Waals surface area contributed by atoms with Crippen molar-refractivity contribution >= 4 is 44.8 Å². The molecule has 0 saturated heterocycles. The van der Waals surface area contributed by atoms with Gasteiger partial charge in [0.2, 0.25) is 0 Å². The number of ether oxygens (including phenoxy) is 1. The molecular weight excluding hydrogens is 490 g/mol. The molecule has 160 valence electrons. The van der Waals surface area contributed by atoms with E-state index < -0.39 is 0 Å². The molecule has 8 heteroatoms. The predicted octanol–water partition coefficient (Wildman–Crippen LogP) is 5.83. The van der Waals surface area contributed by atoms with Gasteiger partial charge in [-0.1, -0.05) is 34.1 Å². The molecule has 0 saturated carbocycles. The number of nitrogens with one attached hydrogen (secondary N) is 1. The highest BCUT2D eigenvalue weighted by molar-refractivity contribution is 9.10. The summed E-state index contributed by atoms with van der Waals surface area (Å²) >= 11 is 5.15. The van der Waals surface area contributed by atoms with Crippen LogP contribution in [0, 0.1) is 0 Å². The minimum atomic E-state index is -0.386. The van der Waals surface area contributed by atoms with E-state index in [1.807, 2.05) is 41.8 Å². The summed E-state index contributed by atoms with van der Waals surface area (Å²) in [6.45, 7) is 2.08. The van der Waals surface area contributed by atoms with Crippen molar-refractivity contribution in [2.75, 3.05) is 11.5 Å². The molecule has 32 heavy (non-hydrogen) atoms. The van der Waals surface area contributed by atoms with Crippen LogP contribution < -0.4 is 4.90 Å². The number of hydrogen-bond acceptors (Lipinski definition) is 5. The Morgan fingerprint density at radius 2 is 2.00 bits per heavy atom. The number of H-pyrrole nitrogens is 1. The summed E-state index contributed by atoms with van der Waals surface area (Å²) in [6.07, 6.45) is 0. The number of carbonyl (C=O) groups is 2. The maximum Gasteiger partial charge on any atom is 0.338 e. The van der Waals surface area contributed by atoms with Crippen LogP contribution in [0.3, 0.4) is 0 Å². The second-order valence-corrected chi connectivity index (χ2v) is 9.10. The first-order valence-electron chi connectivity index (χ1n) is 10.1. The van der Waals surface area contributed by atoms with Gasteiger partial charge in [-0.3, -0.25) is 14.8 Å². The predicted molar refractivity (Wildman–Crippen MR) is 127 cm³/mol. The van der Waals surface area contributed by atoms with Crippen molar-refractivity contribution in [2.24, 2.45) is 0 Å². The minimum Gasteiger partial charge on any atom is -0.462 e. The summed E-state index contributed by atoms with van der Waals surface area (Å²) in [5.41, 5.74) is 4.19. The van der Waals surface area contributed by atoms with Crippen LogP contribution in [-0.2, 0) is 4.74 Å². The largest absolute Gasteiger partial charge is 0.462 e. The van der Waals surface area contributed by atoms with Gasteiger partial charge in [-0.05, 0) is 60.3 Å². The fourth-order valence-corrected chi connectivity index (χ4v) is 5.13. The van der Waals surface area contributed by atoms with Gasteiger partial charge in [-0.25, -0.2) is 4.79 Å². The molecular formula is C24H18BrN3O3S. The number of fused-ring (bicyclic) bond motifs is 1. The quantitative estimate of drug-likeness (QED) is 0.345. The monoisotopic (exact) mass is 507 g/mol. The van der Waals surface area contributed by atoms with Crippen LogP contribution in [0.15, 0.2) is 70.5 Å². The van der Waals surface area contributed by atoms with Crippen molar-refractivity contribution in [3.8, 4) is 10.6 Å². The number of halogens is 1. The summed E-state index contributed by atoms with van der Waals surface area (Å²) in [5.74, 6) is -0.573. The average Bonchev–Trinajstić information content (AvgIpc) is 3.52. The normalized spacial score (nSPS) is 15.1. The van der Waals surface area contributed by atoms with Crippen LogP contribution in [0.5, 0.6) is 0 Å². The molecule has 2 aromatic carbocycles. The van der Waals surface area contributed by atoms with Crippen molar-refractivity contribution in [1.82, 2.24) is 10.2 Å². The molecule has 0 bridgehead atoms. The number of thiophene rings is 1. The van der Waals surface area contributed by atoms with E-state index in [1.165, 1.54) is 0 Å². The Labute approximate surface area is 197 Å². The van der Waals surface area contributed by atoms with Crippen molar-refractivity contribution in [2.45, 2.75) is 13.0 Å². The summed E-state index contributed by atoms with van der Waals surface area (Å²) in [7, 11) is 0. The molecule has 0 aliphatic carbocycles. The molecule has 3 heterocycles. The van der Waals surface area contributed by atoms with Gasteiger partial charge in [-0.15, -0.1) is 11.3 Å². The van der Waals surface area contributed by atoms with Gasteiger partial charge in [0.05, 0.1) is 28.8 Å². The highest BCUT2D eigenvalue weighted by atomic mass is 79.9. The molecule has 5 rings (SSSR count). The zero-order valence-electron chi connectivity index (χ0n) is 17.0. The van der Waals surface area contributed by atoms with Crippen LogP contribution >= 0.6 is 27.3 Å². The average molecular weight is 508 g/mol. The Kier molecular flexibility index (Phi) is 5.40. The van der Waals surface area contributed by atoms with Gasteiger partial charge in [0.15, 0.2) is 5.69 Å². The van der Waals surface area contributed by atoms with E-state index in [9.17, 15) is 9.59 Å². The van der Waals surface area contributed by atoms with Gasteiger partial charge in [-0.2, -0.15) is 5.10 Å². The Morgan fingerprint density at radius 1 is 1.19 bits per heavy atom. The fourth-order valence-electron chi connectivity index (χ4n) is 3.98. The van der Waals surface area contributed by atoms with Crippen LogP contribution in [0.4, 0.5) is 5.69 Å². The number of esters is 1. The number of hydrogen-bond donors (Lipinski definition) is 1. The van der Waals surface area contributed by atoms with Crippen LogP contribution in [-0.4, -0.2) is 28.7 Å². The molecule has 0 radical (unpaired) electrons. The van der Waals surface area contributed by atoms with E-state index in [0.717, 1.165) is 26.2 Å². The first kappa shape index (κ1) is 20.7. The summed E-state index contributed by atoms with van der Waals surface area (Å²) < 4.78 is 6.00. The van der Waals surface area contributed by atoms with E-state index in [2.05, 4.69) is 26.1 Å². The zero-order chi connectivity index (χ0) is 22.2. The second kappa shape index (κ2) is 8.37. The summed E-state index contributed by atoms with van der Waals surface area (Å²) in [6, 6.07) is 18.5. The second-order valence-electron chi connectivity index (χ2n) is 7.24. The topological polar surface area (TPSA) is 75.3 Å². The molecule has 1 aliphatic heterocycles. The molecule has 4 aromatic rings. The number of carbonyl (C=O) groups excluding carboxylic acids is 2. The third-order valence-electron chi connectivity index (χ3n) is 5.35. The number of aromatic amines is 1. The maximum atomic E-state index is 13.5. The molecule has 0 spiro atoms. The highest BCUT2D eigenvalue weighted by Crippen LogP contribution is 2.46. The number of nitrogens with zero attached hydrogens (tertiary/aromatic N) is 2. The van der Waals surface area contributed by atoms with Gasteiger partial charge in [0.1, 0.15) is 0 Å². The molecule has 1 N–H and O–H groups in total. The molecule has 6 nitrogen and oxygen atoms in total. The maximum absolute atomic E-state index is 13.5. The van der Waals surface area contributed by atoms with Gasteiger partial charge >= 0.3 is 5.97 Å². The summed E-state index contributed by atoms with van der Waals surface area (Å²) in [4.78, 5) is 28.3. The first-order chi connectivity index (χ1) is 15.6.